The largest absolute Gasteiger partial charge is 0.497 e. The van der Waals surface area contributed by atoms with Crippen LogP contribution < -0.4 is 19.3 Å². The molecule has 28 heavy (non-hydrogen) atoms. The molecule has 0 amide bonds. The molecular formula is C19H18N2O6S. The number of nitrogens with zero attached hydrogens (tertiary/aromatic N) is 2. The molecule has 0 atom stereocenters. The van der Waals surface area contributed by atoms with Crippen molar-refractivity contribution < 1.29 is 23.1 Å². The fourth-order valence-electron chi connectivity index (χ4n) is 2.46. The number of ether oxygens (including phenoxy) is 2. The molecule has 0 aliphatic carbocycles. The fourth-order valence-corrected chi connectivity index (χ4v) is 3.65. The molecule has 2 aromatic carbocycles. The molecule has 146 valence electrons. The molecule has 1 aromatic heterocycles. The summed E-state index contributed by atoms with van der Waals surface area (Å²) in [6, 6.07) is 15.4. The highest BCUT2D eigenvalue weighted by molar-refractivity contribution is 7.92. The van der Waals surface area contributed by atoms with E-state index in [0.29, 0.717) is 22.0 Å². The van der Waals surface area contributed by atoms with Crippen LogP contribution >= 0.6 is 0 Å². The Hall–Kier alpha value is -3.46. The standard InChI is InChI=1S/C19H18N2O6S/c1-20(18-4-3-13-21(23)19(18)22)28(24,25)17-11-9-16(10-12-17)27-15-7-5-14(26-2)6-8-15/h3-13,23H,1-2H3. The maximum atomic E-state index is 12.8. The van der Waals surface area contributed by atoms with Crippen molar-refractivity contribution in [3.05, 3.63) is 77.2 Å². The molecule has 9 heteroatoms. The monoisotopic (exact) mass is 402 g/mol. The molecule has 3 rings (SSSR count). The molecule has 0 saturated carbocycles. The summed E-state index contributed by atoms with van der Waals surface area (Å²) in [7, 11) is -1.18. The van der Waals surface area contributed by atoms with Crippen LogP contribution in [0.25, 0.3) is 0 Å². The Morgan fingerprint density at radius 3 is 2.04 bits per heavy atom. The van der Waals surface area contributed by atoms with Crippen LogP contribution in [0.3, 0.4) is 0 Å². The average molecular weight is 402 g/mol. The predicted octanol–water partition coefficient (Wildman–Crippen LogP) is 2.71. The van der Waals surface area contributed by atoms with Crippen LogP contribution in [0.4, 0.5) is 5.69 Å². The first-order valence-electron chi connectivity index (χ1n) is 8.15. The predicted molar refractivity (Wildman–Crippen MR) is 103 cm³/mol. The molecule has 0 saturated heterocycles. The summed E-state index contributed by atoms with van der Waals surface area (Å²) in [5.41, 5.74) is -1.02. The van der Waals surface area contributed by atoms with Crippen molar-refractivity contribution in [1.82, 2.24) is 4.73 Å². The minimum atomic E-state index is -3.99. The van der Waals surface area contributed by atoms with Crippen LogP contribution in [-0.4, -0.2) is 32.5 Å². The molecule has 1 N–H and O–H groups in total. The zero-order valence-electron chi connectivity index (χ0n) is 15.1. The molecule has 0 unspecified atom stereocenters. The summed E-state index contributed by atoms with van der Waals surface area (Å²) in [4.78, 5) is 11.9. The van der Waals surface area contributed by atoms with Gasteiger partial charge < -0.3 is 14.7 Å². The van der Waals surface area contributed by atoms with E-state index in [4.69, 9.17) is 9.47 Å². The van der Waals surface area contributed by atoms with Crippen molar-refractivity contribution in [2.45, 2.75) is 4.90 Å². The summed E-state index contributed by atoms with van der Waals surface area (Å²) in [6.07, 6.45) is 1.12. The molecule has 0 fully saturated rings. The van der Waals surface area contributed by atoms with Crippen molar-refractivity contribution in [1.29, 1.82) is 0 Å². The van der Waals surface area contributed by atoms with Crippen LogP contribution in [0.5, 0.6) is 17.2 Å². The van der Waals surface area contributed by atoms with Gasteiger partial charge in [0.25, 0.3) is 10.0 Å². The van der Waals surface area contributed by atoms with E-state index in [9.17, 15) is 18.4 Å². The van der Waals surface area contributed by atoms with E-state index in [-0.39, 0.29) is 10.6 Å². The Balaban J connectivity index is 1.83. The topological polar surface area (TPSA) is 98.1 Å². The summed E-state index contributed by atoms with van der Waals surface area (Å²) in [5, 5.41) is 9.45. The van der Waals surface area contributed by atoms with Gasteiger partial charge in [-0.2, -0.15) is 4.73 Å². The Morgan fingerprint density at radius 2 is 1.46 bits per heavy atom. The van der Waals surface area contributed by atoms with Gasteiger partial charge in [0.05, 0.1) is 12.0 Å². The van der Waals surface area contributed by atoms with Gasteiger partial charge in [0.1, 0.15) is 22.9 Å². The molecular weight excluding hydrogens is 384 g/mol. The Labute approximate surface area is 161 Å². The lowest BCUT2D eigenvalue weighted by Crippen LogP contribution is -2.33. The Morgan fingerprint density at radius 1 is 0.929 bits per heavy atom. The first-order valence-corrected chi connectivity index (χ1v) is 9.59. The SMILES string of the molecule is COc1ccc(Oc2ccc(S(=O)(=O)N(C)c3cccn(O)c3=O)cc2)cc1. The number of anilines is 1. The molecule has 1 heterocycles. The summed E-state index contributed by atoms with van der Waals surface area (Å²) >= 11 is 0. The van der Waals surface area contributed by atoms with Gasteiger partial charge in [-0.05, 0) is 60.7 Å². The van der Waals surface area contributed by atoms with Crippen molar-refractivity contribution >= 4 is 15.7 Å². The van der Waals surface area contributed by atoms with Crippen molar-refractivity contribution in [3.63, 3.8) is 0 Å². The fraction of sp³-hybridized carbons (Fsp3) is 0.105. The van der Waals surface area contributed by atoms with Gasteiger partial charge in [-0.3, -0.25) is 9.10 Å². The smallest absolute Gasteiger partial charge is 0.307 e. The van der Waals surface area contributed by atoms with Crippen molar-refractivity contribution in [2.24, 2.45) is 0 Å². The first-order chi connectivity index (χ1) is 13.3. The highest BCUT2D eigenvalue weighted by atomic mass is 32.2. The maximum Gasteiger partial charge on any atom is 0.307 e. The van der Waals surface area contributed by atoms with Gasteiger partial charge in [0, 0.05) is 13.2 Å². The number of aromatic nitrogens is 1. The van der Waals surface area contributed by atoms with Crippen LogP contribution in [-0.2, 0) is 10.0 Å². The molecule has 8 nitrogen and oxygen atoms in total. The van der Waals surface area contributed by atoms with Gasteiger partial charge in [0.15, 0.2) is 0 Å². The minimum Gasteiger partial charge on any atom is -0.497 e. The van der Waals surface area contributed by atoms with E-state index < -0.39 is 15.6 Å². The van der Waals surface area contributed by atoms with E-state index in [1.54, 1.807) is 31.4 Å². The van der Waals surface area contributed by atoms with Gasteiger partial charge in [-0.25, -0.2) is 8.42 Å². The number of sulfonamides is 1. The lowest BCUT2D eigenvalue weighted by molar-refractivity contribution is 0.175. The second-order valence-corrected chi connectivity index (χ2v) is 7.73. The molecule has 3 aromatic rings. The number of methoxy groups -OCH3 is 1. The molecule has 0 aliphatic heterocycles. The third-order valence-electron chi connectivity index (χ3n) is 4.03. The van der Waals surface area contributed by atoms with Crippen LogP contribution in [0.15, 0.2) is 76.6 Å². The van der Waals surface area contributed by atoms with Crippen LogP contribution in [0.2, 0.25) is 0 Å². The van der Waals surface area contributed by atoms with Gasteiger partial charge in [-0.15, -0.1) is 0 Å². The second-order valence-electron chi connectivity index (χ2n) is 5.76. The molecule has 0 radical (unpaired) electrons. The normalized spacial score (nSPS) is 11.1. The highest BCUT2D eigenvalue weighted by Crippen LogP contribution is 2.26. The van der Waals surface area contributed by atoms with Gasteiger partial charge >= 0.3 is 5.56 Å². The second kappa shape index (κ2) is 7.65. The number of rotatable bonds is 6. The van der Waals surface area contributed by atoms with E-state index in [0.717, 1.165) is 10.5 Å². The van der Waals surface area contributed by atoms with E-state index in [2.05, 4.69) is 0 Å². The molecule has 0 bridgehead atoms. The quantitative estimate of drug-likeness (QED) is 0.637. The first kappa shape index (κ1) is 19.3. The van der Waals surface area contributed by atoms with Crippen LogP contribution in [0, 0.1) is 0 Å². The zero-order chi connectivity index (χ0) is 20.3. The summed E-state index contributed by atoms with van der Waals surface area (Å²) in [6.45, 7) is 0. The summed E-state index contributed by atoms with van der Waals surface area (Å²) < 4.78 is 37.5. The Kier molecular flexibility index (Phi) is 5.27. The van der Waals surface area contributed by atoms with Gasteiger partial charge in [0.2, 0.25) is 0 Å². The minimum absolute atomic E-state index is 0.0233. The highest BCUT2D eigenvalue weighted by Gasteiger charge is 2.24. The zero-order valence-corrected chi connectivity index (χ0v) is 16.0. The van der Waals surface area contributed by atoms with Crippen molar-refractivity contribution in [2.75, 3.05) is 18.5 Å². The number of hydrogen-bond donors (Lipinski definition) is 1. The van der Waals surface area contributed by atoms with Gasteiger partial charge in [-0.1, -0.05) is 0 Å². The molecule has 0 spiro atoms. The third-order valence-corrected chi connectivity index (χ3v) is 5.81. The number of hydrogen-bond acceptors (Lipinski definition) is 6. The number of benzene rings is 2. The molecule has 0 aliphatic rings. The van der Waals surface area contributed by atoms with Crippen molar-refractivity contribution in [3.8, 4) is 17.2 Å². The maximum absolute atomic E-state index is 12.8. The lowest BCUT2D eigenvalue weighted by Gasteiger charge is -2.19. The average Bonchev–Trinajstić information content (AvgIpc) is 2.70. The summed E-state index contributed by atoms with van der Waals surface area (Å²) in [5.74, 6) is 1.71. The van der Waals surface area contributed by atoms with E-state index in [1.165, 1.54) is 43.4 Å². The van der Waals surface area contributed by atoms with E-state index in [1.807, 2.05) is 0 Å². The third kappa shape index (κ3) is 3.79. The lowest BCUT2D eigenvalue weighted by atomic mass is 10.3. The number of pyridine rings is 1. The van der Waals surface area contributed by atoms with E-state index >= 15 is 0 Å². The van der Waals surface area contributed by atoms with Crippen LogP contribution in [0.1, 0.15) is 0 Å². The Bertz CT molecular complexity index is 1120.